The summed E-state index contributed by atoms with van der Waals surface area (Å²) in [7, 11) is 0. The van der Waals surface area contributed by atoms with E-state index in [0.717, 1.165) is 0 Å². The first kappa shape index (κ1) is 18.1. The number of carbonyl (C=O) groups is 1. The number of nitrogens with zero attached hydrogens (tertiary/aromatic N) is 2. The second-order valence-electron chi connectivity index (χ2n) is 6.42. The molecule has 3 aromatic rings. The number of halogens is 3. The minimum Gasteiger partial charge on any atom is -0.486 e. The Balaban J connectivity index is 1.46. The average Bonchev–Trinajstić information content (AvgIpc) is 3.06. The summed E-state index contributed by atoms with van der Waals surface area (Å²) < 4.78 is 50.0. The molecular weight excluding hydrogens is 375 g/mol. The van der Waals surface area contributed by atoms with E-state index in [0.29, 0.717) is 35.6 Å². The van der Waals surface area contributed by atoms with Crippen LogP contribution in [0.15, 0.2) is 48.7 Å². The quantitative estimate of drug-likeness (QED) is 0.742. The van der Waals surface area contributed by atoms with E-state index in [2.05, 4.69) is 5.10 Å². The predicted molar refractivity (Wildman–Crippen MR) is 94.5 cm³/mol. The fourth-order valence-electron chi connectivity index (χ4n) is 2.96. The summed E-state index contributed by atoms with van der Waals surface area (Å²) in [5.74, 6) is 0.575. The molecule has 1 atom stereocenters. The molecule has 1 N–H and O–H groups in total. The van der Waals surface area contributed by atoms with E-state index < -0.39 is 18.6 Å². The lowest BCUT2D eigenvalue weighted by atomic mass is 10.1. The van der Waals surface area contributed by atoms with Crippen LogP contribution in [-0.4, -0.2) is 41.1 Å². The van der Waals surface area contributed by atoms with Gasteiger partial charge in [-0.05, 0) is 30.3 Å². The third-order valence-corrected chi connectivity index (χ3v) is 4.22. The molecule has 0 spiro atoms. The molecule has 9 heteroatoms. The van der Waals surface area contributed by atoms with Gasteiger partial charge in [-0.15, -0.1) is 0 Å². The molecule has 1 aliphatic rings. The van der Waals surface area contributed by atoms with Crippen LogP contribution in [0.5, 0.6) is 11.5 Å². The van der Waals surface area contributed by atoms with Crippen LogP contribution in [0, 0.1) is 0 Å². The lowest BCUT2D eigenvalue weighted by Crippen LogP contribution is -2.33. The van der Waals surface area contributed by atoms with E-state index >= 15 is 0 Å². The van der Waals surface area contributed by atoms with E-state index in [1.165, 1.54) is 12.1 Å². The average molecular weight is 391 g/mol. The highest BCUT2D eigenvalue weighted by Crippen LogP contribution is 2.31. The maximum Gasteiger partial charge on any atom is 0.405 e. The van der Waals surface area contributed by atoms with Crippen molar-refractivity contribution in [3.63, 3.8) is 0 Å². The Morgan fingerprint density at radius 3 is 2.79 bits per heavy atom. The Labute approximate surface area is 157 Å². The van der Waals surface area contributed by atoms with Crippen molar-refractivity contribution in [1.82, 2.24) is 15.1 Å². The van der Waals surface area contributed by atoms with Crippen molar-refractivity contribution in [3.05, 3.63) is 54.2 Å². The summed E-state index contributed by atoms with van der Waals surface area (Å²) >= 11 is 0. The molecule has 0 aliphatic carbocycles. The van der Waals surface area contributed by atoms with Crippen molar-refractivity contribution in [2.24, 2.45) is 0 Å². The largest absolute Gasteiger partial charge is 0.486 e. The van der Waals surface area contributed by atoms with Gasteiger partial charge in [0.1, 0.15) is 13.2 Å². The fourth-order valence-corrected chi connectivity index (χ4v) is 2.96. The number of hydrogen-bond donors (Lipinski definition) is 1. The van der Waals surface area contributed by atoms with Crippen LogP contribution >= 0.6 is 0 Å². The van der Waals surface area contributed by atoms with Gasteiger partial charge in [0, 0.05) is 17.1 Å². The molecule has 28 heavy (non-hydrogen) atoms. The summed E-state index contributed by atoms with van der Waals surface area (Å²) in [6.07, 6.45) is -2.97. The molecular formula is C19H16F3N3O3. The first-order valence-corrected chi connectivity index (χ1v) is 8.58. The van der Waals surface area contributed by atoms with Crippen LogP contribution in [0.2, 0.25) is 0 Å². The Morgan fingerprint density at radius 1 is 1.21 bits per heavy atom. The van der Waals surface area contributed by atoms with Gasteiger partial charge in [-0.25, -0.2) is 0 Å². The van der Waals surface area contributed by atoms with Crippen LogP contribution in [0.25, 0.3) is 10.9 Å². The smallest absolute Gasteiger partial charge is 0.405 e. The zero-order chi connectivity index (χ0) is 19.7. The molecule has 0 bridgehead atoms. The van der Waals surface area contributed by atoms with Gasteiger partial charge in [0.15, 0.2) is 17.6 Å². The standard InChI is InChI=1S/C19H16F3N3O3/c20-19(21,22)11-23-18(26)12-5-6-15-13(7-12)8-25(24-15)9-14-10-27-16-3-1-2-4-17(16)28-14/h1-8,14H,9-11H2,(H,23,26). The summed E-state index contributed by atoms with van der Waals surface area (Å²) in [6.45, 7) is -0.569. The molecule has 1 amide bonds. The molecule has 2 aromatic carbocycles. The number of hydrogen-bond acceptors (Lipinski definition) is 4. The molecule has 4 rings (SSSR count). The third kappa shape index (κ3) is 4.03. The Hall–Kier alpha value is -3.23. The van der Waals surface area contributed by atoms with Crippen molar-refractivity contribution in [1.29, 1.82) is 0 Å². The summed E-state index contributed by atoms with van der Waals surface area (Å²) in [6, 6.07) is 11.9. The number of nitrogens with one attached hydrogen (secondary N) is 1. The highest BCUT2D eigenvalue weighted by Gasteiger charge is 2.28. The fraction of sp³-hybridized carbons (Fsp3) is 0.263. The van der Waals surface area contributed by atoms with Crippen LogP contribution < -0.4 is 14.8 Å². The molecule has 0 saturated heterocycles. The topological polar surface area (TPSA) is 65.4 Å². The number of para-hydroxylation sites is 2. The monoisotopic (exact) mass is 391 g/mol. The maximum atomic E-state index is 12.3. The van der Waals surface area contributed by atoms with E-state index in [9.17, 15) is 18.0 Å². The molecule has 0 saturated carbocycles. The minimum atomic E-state index is -4.45. The number of carbonyl (C=O) groups excluding carboxylic acids is 1. The molecule has 2 heterocycles. The first-order valence-electron chi connectivity index (χ1n) is 8.58. The number of aromatic nitrogens is 2. The van der Waals surface area contributed by atoms with Crippen molar-refractivity contribution in [2.75, 3.05) is 13.2 Å². The minimum absolute atomic E-state index is 0.141. The molecule has 1 aliphatic heterocycles. The summed E-state index contributed by atoms with van der Waals surface area (Å²) in [4.78, 5) is 11.9. The first-order chi connectivity index (χ1) is 13.4. The third-order valence-electron chi connectivity index (χ3n) is 4.22. The van der Waals surface area contributed by atoms with Crippen molar-refractivity contribution >= 4 is 16.8 Å². The molecule has 0 fully saturated rings. The normalized spacial score (nSPS) is 16.2. The van der Waals surface area contributed by atoms with Crippen molar-refractivity contribution in [3.8, 4) is 11.5 Å². The van der Waals surface area contributed by atoms with Crippen molar-refractivity contribution in [2.45, 2.75) is 18.8 Å². The summed E-state index contributed by atoms with van der Waals surface area (Å²) in [5.41, 5.74) is 0.770. The van der Waals surface area contributed by atoms with Gasteiger partial charge in [-0.2, -0.15) is 18.3 Å². The van der Waals surface area contributed by atoms with Gasteiger partial charge < -0.3 is 14.8 Å². The van der Waals surface area contributed by atoms with E-state index in [4.69, 9.17) is 9.47 Å². The van der Waals surface area contributed by atoms with E-state index in [1.54, 1.807) is 16.9 Å². The number of ether oxygens (including phenoxy) is 2. The van der Waals surface area contributed by atoms with Gasteiger partial charge in [0.25, 0.3) is 5.91 Å². The van der Waals surface area contributed by atoms with E-state index in [1.807, 2.05) is 29.6 Å². The molecule has 1 aromatic heterocycles. The molecule has 146 valence electrons. The maximum absolute atomic E-state index is 12.3. The number of benzene rings is 2. The van der Waals surface area contributed by atoms with Crippen LogP contribution in [0.3, 0.4) is 0 Å². The Kier molecular flexibility index (Phi) is 4.58. The number of alkyl halides is 3. The van der Waals surface area contributed by atoms with Gasteiger partial charge in [0.05, 0.1) is 12.1 Å². The Morgan fingerprint density at radius 2 is 2.00 bits per heavy atom. The van der Waals surface area contributed by atoms with Gasteiger partial charge >= 0.3 is 6.18 Å². The van der Waals surface area contributed by atoms with Crippen LogP contribution in [0.1, 0.15) is 10.4 Å². The van der Waals surface area contributed by atoms with Gasteiger partial charge in [-0.3, -0.25) is 9.48 Å². The second kappa shape index (κ2) is 7.06. The molecule has 1 unspecified atom stereocenters. The predicted octanol–water partition coefficient (Wildman–Crippen LogP) is 3.17. The molecule has 6 nitrogen and oxygen atoms in total. The highest BCUT2D eigenvalue weighted by atomic mass is 19.4. The number of rotatable bonds is 4. The number of fused-ring (bicyclic) bond motifs is 2. The SMILES string of the molecule is O=C(NCC(F)(F)F)c1ccc2nn(CC3COc4ccccc4O3)cc2c1. The Bertz CT molecular complexity index is 1020. The van der Waals surface area contributed by atoms with Crippen LogP contribution in [0.4, 0.5) is 13.2 Å². The zero-order valence-electron chi connectivity index (χ0n) is 14.6. The zero-order valence-corrected chi connectivity index (χ0v) is 14.6. The summed E-state index contributed by atoms with van der Waals surface area (Å²) in [5, 5.41) is 6.93. The van der Waals surface area contributed by atoms with Crippen molar-refractivity contribution < 1.29 is 27.4 Å². The molecule has 0 radical (unpaired) electrons. The highest BCUT2D eigenvalue weighted by molar-refractivity contribution is 5.97. The van der Waals surface area contributed by atoms with Gasteiger partial charge in [-0.1, -0.05) is 12.1 Å². The number of amides is 1. The van der Waals surface area contributed by atoms with Gasteiger partial charge in [0.2, 0.25) is 0 Å². The van der Waals surface area contributed by atoms with Crippen LogP contribution in [-0.2, 0) is 6.54 Å². The second-order valence-corrected chi connectivity index (χ2v) is 6.42. The lowest BCUT2D eigenvalue weighted by molar-refractivity contribution is -0.123. The van der Waals surface area contributed by atoms with E-state index in [-0.39, 0.29) is 11.7 Å². The lowest BCUT2D eigenvalue weighted by Gasteiger charge is -2.26.